The number of hydrogen-bond donors (Lipinski definition) is 2. The Morgan fingerprint density at radius 3 is 2.40 bits per heavy atom. The van der Waals surface area contributed by atoms with Crippen LogP contribution in [0, 0.1) is 5.92 Å². The normalized spacial score (nSPS) is 24.2. The molecule has 0 atom stereocenters. The minimum Gasteiger partial charge on any atom is -0.320 e. The van der Waals surface area contributed by atoms with E-state index in [0.717, 1.165) is 44.6 Å². The molecule has 0 aromatic carbocycles. The fraction of sp³-hybridized carbons (Fsp3) is 1.00. The van der Waals surface area contributed by atoms with Crippen molar-refractivity contribution in [2.75, 3.05) is 27.2 Å². The topological polar surface area (TPSA) is 61.4 Å². The zero-order valence-corrected chi connectivity index (χ0v) is 14.0. The molecular weight excluding hydrogens is 274 g/mol. The smallest absolute Gasteiger partial charge is 0.279 e. The Bertz CT molecular complexity index is 351. The Balaban J connectivity index is 2.35. The molecule has 120 valence electrons. The van der Waals surface area contributed by atoms with Gasteiger partial charge in [-0.1, -0.05) is 19.8 Å². The summed E-state index contributed by atoms with van der Waals surface area (Å²) in [5.74, 6) is 0.800. The van der Waals surface area contributed by atoms with Gasteiger partial charge in [0.1, 0.15) is 0 Å². The highest BCUT2D eigenvalue weighted by molar-refractivity contribution is 7.87. The second-order valence-corrected chi connectivity index (χ2v) is 7.72. The highest BCUT2D eigenvalue weighted by Gasteiger charge is 2.26. The summed E-state index contributed by atoms with van der Waals surface area (Å²) in [5, 5.41) is 3.03. The predicted octanol–water partition coefficient (Wildman–Crippen LogP) is 1.72. The third-order valence-electron chi connectivity index (χ3n) is 4.17. The molecule has 20 heavy (non-hydrogen) atoms. The molecule has 0 unspecified atom stereocenters. The van der Waals surface area contributed by atoms with Crippen molar-refractivity contribution in [2.24, 2.45) is 5.92 Å². The summed E-state index contributed by atoms with van der Waals surface area (Å²) in [6.45, 7) is 3.61. The predicted molar refractivity (Wildman–Crippen MR) is 83.9 cm³/mol. The van der Waals surface area contributed by atoms with Crippen LogP contribution in [-0.4, -0.2) is 45.9 Å². The van der Waals surface area contributed by atoms with Crippen LogP contribution in [0.2, 0.25) is 0 Å². The monoisotopic (exact) mass is 305 g/mol. The fourth-order valence-corrected chi connectivity index (χ4v) is 4.08. The van der Waals surface area contributed by atoms with Gasteiger partial charge in [0.15, 0.2) is 0 Å². The van der Waals surface area contributed by atoms with Crippen LogP contribution in [0.1, 0.15) is 51.9 Å². The van der Waals surface area contributed by atoms with Gasteiger partial charge in [0.2, 0.25) is 0 Å². The van der Waals surface area contributed by atoms with Gasteiger partial charge in [-0.3, -0.25) is 0 Å². The SMILES string of the molecule is CCCC1CCC(NS(=O)(=O)N(C)CCCNC)CC1. The van der Waals surface area contributed by atoms with Crippen molar-refractivity contribution < 1.29 is 8.42 Å². The number of hydrogen-bond acceptors (Lipinski definition) is 3. The lowest BCUT2D eigenvalue weighted by Crippen LogP contribution is -2.45. The lowest BCUT2D eigenvalue weighted by atomic mass is 9.84. The van der Waals surface area contributed by atoms with E-state index in [9.17, 15) is 8.42 Å². The first-order valence-electron chi connectivity index (χ1n) is 7.87. The molecule has 0 heterocycles. The standard InChI is InChI=1S/C14H31N3O2S/c1-4-6-13-7-9-14(10-8-13)16-20(18,19)17(3)12-5-11-15-2/h13-16H,4-12H2,1-3H3. The maximum atomic E-state index is 12.2. The molecule has 0 aliphatic heterocycles. The van der Waals surface area contributed by atoms with Crippen LogP contribution < -0.4 is 10.0 Å². The lowest BCUT2D eigenvalue weighted by Gasteiger charge is -2.30. The van der Waals surface area contributed by atoms with E-state index >= 15 is 0 Å². The Kier molecular flexibility index (Phi) is 8.02. The Morgan fingerprint density at radius 1 is 1.20 bits per heavy atom. The second-order valence-electron chi connectivity index (χ2n) is 5.91. The molecule has 0 amide bonds. The molecule has 0 spiro atoms. The fourth-order valence-electron chi connectivity index (χ4n) is 2.88. The molecule has 6 heteroatoms. The largest absolute Gasteiger partial charge is 0.320 e. The van der Waals surface area contributed by atoms with Gasteiger partial charge in [0.05, 0.1) is 0 Å². The molecule has 1 rings (SSSR count). The minimum absolute atomic E-state index is 0.125. The molecule has 1 aliphatic rings. The summed E-state index contributed by atoms with van der Waals surface area (Å²) >= 11 is 0. The Morgan fingerprint density at radius 2 is 1.85 bits per heavy atom. The van der Waals surface area contributed by atoms with Crippen LogP contribution in [-0.2, 0) is 10.2 Å². The summed E-state index contributed by atoms with van der Waals surface area (Å²) in [6.07, 6.45) is 7.62. The minimum atomic E-state index is -3.31. The van der Waals surface area contributed by atoms with Crippen LogP contribution in [0.15, 0.2) is 0 Å². The average Bonchev–Trinajstić information content (AvgIpc) is 2.41. The van der Waals surface area contributed by atoms with Crippen molar-refractivity contribution in [1.29, 1.82) is 0 Å². The van der Waals surface area contributed by atoms with Crippen LogP contribution in [0.5, 0.6) is 0 Å². The number of nitrogens with one attached hydrogen (secondary N) is 2. The quantitative estimate of drug-likeness (QED) is 0.638. The molecule has 1 saturated carbocycles. The van der Waals surface area contributed by atoms with Crippen molar-refractivity contribution in [1.82, 2.24) is 14.3 Å². The van der Waals surface area contributed by atoms with Crippen molar-refractivity contribution in [3.05, 3.63) is 0 Å². The molecule has 1 aliphatic carbocycles. The van der Waals surface area contributed by atoms with Crippen LogP contribution >= 0.6 is 0 Å². The summed E-state index contributed by atoms with van der Waals surface area (Å²) < 4.78 is 28.7. The van der Waals surface area contributed by atoms with E-state index in [1.807, 2.05) is 7.05 Å². The first-order valence-corrected chi connectivity index (χ1v) is 9.31. The zero-order valence-electron chi connectivity index (χ0n) is 13.2. The molecule has 0 aromatic heterocycles. The Hall–Kier alpha value is -0.170. The van der Waals surface area contributed by atoms with Crippen LogP contribution in [0.25, 0.3) is 0 Å². The molecule has 0 aromatic rings. The summed E-state index contributed by atoms with van der Waals surface area (Å²) in [6, 6.07) is 0.125. The van der Waals surface area contributed by atoms with Crippen molar-refractivity contribution in [3.8, 4) is 0 Å². The van der Waals surface area contributed by atoms with E-state index in [1.54, 1.807) is 7.05 Å². The summed E-state index contributed by atoms with van der Waals surface area (Å²) in [5.41, 5.74) is 0. The van der Waals surface area contributed by atoms with Gasteiger partial charge in [0.25, 0.3) is 10.2 Å². The maximum Gasteiger partial charge on any atom is 0.279 e. The molecule has 0 bridgehead atoms. The molecule has 0 saturated heterocycles. The molecular formula is C14H31N3O2S. The van der Waals surface area contributed by atoms with E-state index in [4.69, 9.17) is 0 Å². The van der Waals surface area contributed by atoms with E-state index in [1.165, 1.54) is 17.1 Å². The van der Waals surface area contributed by atoms with Crippen molar-refractivity contribution in [3.63, 3.8) is 0 Å². The number of nitrogens with zero attached hydrogens (tertiary/aromatic N) is 1. The van der Waals surface area contributed by atoms with E-state index < -0.39 is 10.2 Å². The summed E-state index contributed by atoms with van der Waals surface area (Å²) in [4.78, 5) is 0. The molecule has 0 radical (unpaired) electrons. The first-order chi connectivity index (χ1) is 9.49. The van der Waals surface area contributed by atoms with E-state index in [2.05, 4.69) is 17.0 Å². The third-order valence-corrected chi connectivity index (χ3v) is 5.80. The van der Waals surface area contributed by atoms with Crippen LogP contribution in [0.3, 0.4) is 0 Å². The van der Waals surface area contributed by atoms with Gasteiger partial charge in [-0.25, -0.2) is 0 Å². The highest BCUT2D eigenvalue weighted by Crippen LogP contribution is 2.28. The van der Waals surface area contributed by atoms with Crippen LogP contribution in [0.4, 0.5) is 0 Å². The van der Waals surface area contributed by atoms with Gasteiger partial charge in [-0.2, -0.15) is 17.4 Å². The van der Waals surface area contributed by atoms with Gasteiger partial charge >= 0.3 is 0 Å². The second kappa shape index (κ2) is 8.97. The molecule has 2 N–H and O–H groups in total. The first kappa shape index (κ1) is 17.9. The van der Waals surface area contributed by atoms with E-state index in [-0.39, 0.29) is 6.04 Å². The van der Waals surface area contributed by atoms with Crippen molar-refractivity contribution >= 4 is 10.2 Å². The van der Waals surface area contributed by atoms with Gasteiger partial charge in [-0.15, -0.1) is 0 Å². The van der Waals surface area contributed by atoms with Gasteiger partial charge in [-0.05, 0) is 51.6 Å². The lowest BCUT2D eigenvalue weighted by molar-refractivity contribution is 0.293. The van der Waals surface area contributed by atoms with E-state index in [0.29, 0.717) is 6.54 Å². The maximum absolute atomic E-state index is 12.2. The third kappa shape index (κ3) is 6.08. The molecule has 1 fully saturated rings. The average molecular weight is 305 g/mol. The van der Waals surface area contributed by atoms with Gasteiger partial charge in [0, 0.05) is 19.6 Å². The summed E-state index contributed by atoms with van der Waals surface area (Å²) in [7, 11) is 0.215. The Labute approximate surface area is 124 Å². The zero-order chi connectivity index (χ0) is 15.0. The van der Waals surface area contributed by atoms with Crippen molar-refractivity contribution in [2.45, 2.75) is 57.9 Å². The molecule has 5 nitrogen and oxygen atoms in total. The highest BCUT2D eigenvalue weighted by atomic mass is 32.2. The van der Waals surface area contributed by atoms with Gasteiger partial charge < -0.3 is 5.32 Å². The number of rotatable bonds is 9.